The Balaban J connectivity index is 1.99. The summed E-state index contributed by atoms with van der Waals surface area (Å²) in [6.07, 6.45) is 9.82. The van der Waals surface area contributed by atoms with Crippen LogP contribution in [0.15, 0.2) is 55.6 Å². The molecule has 4 rings (SSSR count). The molecule has 2 aromatic rings. The summed E-state index contributed by atoms with van der Waals surface area (Å²) >= 11 is 0. The fourth-order valence-corrected chi connectivity index (χ4v) is 3.59. The average Bonchev–Trinajstić information content (AvgIpc) is 3.33. The van der Waals surface area contributed by atoms with E-state index in [1.54, 1.807) is 0 Å². The molecular weight excluding hydrogens is 252 g/mol. The van der Waals surface area contributed by atoms with Crippen molar-refractivity contribution in [1.29, 1.82) is 0 Å². The van der Waals surface area contributed by atoms with Crippen molar-refractivity contribution in [3.63, 3.8) is 0 Å². The van der Waals surface area contributed by atoms with Gasteiger partial charge in [0.1, 0.15) is 0 Å². The topological polar surface area (TPSA) is 0 Å². The van der Waals surface area contributed by atoms with Gasteiger partial charge in [-0.25, -0.2) is 0 Å². The third-order valence-electron chi connectivity index (χ3n) is 4.73. The molecule has 1 unspecified atom stereocenters. The molecule has 0 heterocycles. The highest BCUT2D eigenvalue weighted by atomic mass is 14.4. The van der Waals surface area contributed by atoms with Gasteiger partial charge in [-0.3, -0.25) is 0 Å². The van der Waals surface area contributed by atoms with Crippen molar-refractivity contribution in [1.82, 2.24) is 0 Å². The van der Waals surface area contributed by atoms with Crippen molar-refractivity contribution in [3.8, 4) is 11.1 Å². The van der Waals surface area contributed by atoms with Gasteiger partial charge >= 0.3 is 0 Å². The molecule has 21 heavy (non-hydrogen) atoms. The van der Waals surface area contributed by atoms with Crippen LogP contribution in [0.1, 0.15) is 34.6 Å². The van der Waals surface area contributed by atoms with Crippen molar-refractivity contribution in [2.24, 2.45) is 5.92 Å². The molecule has 1 saturated carbocycles. The van der Waals surface area contributed by atoms with Crippen LogP contribution in [0.2, 0.25) is 0 Å². The van der Waals surface area contributed by atoms with Gasteiger partial charge in [0.05, 0.1) is 0 Å². The van der Waals surface area contributed by atoms with Gasteiger partial charge in [0.2, 0.25) is 0 Å². The molecule has 0 amide bonds. The Morgan fingerprint density at radius 2 is 1.76 bits per heavy atom. The molecule has 2 atom stereocenters. The highest BCUT2D eigenvalue weighted by molar-refractivity contribution is 5.84. The Morgan fingerprint density at radius 3 is 2.57 bits per heavy atom. The largest absolute Gasteiger partial charge is 0.0984 e. The molecule has 2 aliphatic carbocycles. The van der Waals surface area contributed by atoms with E-state index in [4.69, 9.17) is 0 Å². The van der Waals surface area contributed by atoms with Crippen LogP contribution in [0.5, 0.6) is 0 Å². The van der Waals surface area contributed by atoms with Gasteiger partial charge in [-0.05, 0) is 51.6 Å². The second-order valence-corrected chi connectivity index (χ2v) is 5.89. The number of fused-ring (bicyclic) bond motifs is 3. The third-order valence-corrected chi connectivity index (χ3v) is 4.73. The fourth-order valence-electron chi connectivity index (χ4n) is 3.59. The first-order chi connectivity index (χ1) is 10.3. The summed E-state index contributed by atoms with van der Waals surface area (Å²) in [5.74, 6) is 1.47. The Hall–Kier alpha value is -2.34. The summed E-state index contributed by atoms with van der Waals surface area (Å²) in [4.78, 5) is 0. The minimum Gasteiger partial charge on any atom is -0.0984 e. The van der Waals surface area contributed by atoms with Gasteiger partial charge in [0, 0.05) is 0 Å². The first-order valence-electron chi connectivity index (χ1n) is 7.53. The number of allylic oxidation sites excluding steroid dienone is 1. The molecule has 2 aliphatic rings. The van der Waals surface area contributed by atoms with Gasteiger partial charge in [-0.2, -0.15) is 0 Å². The van der Waals surface area contributed by atoms with Crippen LogP contribution in [0.3, 0.4) is 0 Å². The van der Waals surface area contributed by atoms with E-state index in [9.17, 15) is 0 Å². The molecule has 0 N–H and O–H groups in total. The molecule has 0 heteroatoms. The smallest absolute Gasteiger partial charge is 0.00808 e. The molecular formula is C21H18. The first kappa shape index (κ1) is 12.4. The predicted molar refractivity (Wildman–Crippen MR) is 91.9 cm³/mol. The zero-order chi connectivity index (χ0) is 14.4. The van der Waals surface area contributed by atoms with Crippen molar-refractivity contribution in [2.45, 2.75) is 12.3 Å². The van der Waals surface area contributed by atoms with Gasteiger partial charge in [0.15, 0.2) is 0 Å². The van der Waals surface area contributed by atoms with Crippen LogP contribution < -0.4 is 0 Å². The Kier molecular flexibility index (Phi) is 2.71. The summed E-state index contributed by atoms with van der Waals surface area (Å²) in [7, 11) is 0. The lowest BCUT2D eigenvalue weighted by atomic mass is 9.86. The average molecular weight is 270 g/mol. The summed E-state index contributed by atoms with van der Waals surface area (Å²) < 4.78 is 0. The quantitative estimate of drug-likeness (QED) is 0.664. The van der Waals surface area contributed by atoms with Crippen LogP contribution in [-0.2, 0) is 0 Å². The zero-order valence-electron chi connectivity index (χ0n) is 12.0. The number of benzene rings is 2. The lowest BCUT2D eigenvalue weighted by Gasteiger charge is -2.18. The monoisotopic (exact) mass is 270 g/mol. The molecule has 0 saturated heterocycles. The Morgan fingerprint density at radius 1 is 0.952 bits per heavy atom. The Labute approximate surface area is 126 Å². The number of rotatable bonds is 3. The van der Waals surface area contributed by atoms with E-state index < -0.39 is 0 Å². The maximum Gasteiger partial charge on any atom is -0.00808 e. The van der Waals surface area contributed by atoms with Gasteiger partial charge in [-0.1, -0.05) is 73.9 Å². The summed E-state index contributed by atoms with van der Waals surface area (Å²) in [6.45, 7) is 7.93. The van der Waals surface area contributed by atoms with E-state index in [0.717, 1.165) is 11.5 Å². The predicted octanol–water partition coefficient (Wildman–Crippen LogP) is 5.77. The van der Waals surface area contributed by atoms with E-state index in [0.29, 0.717) is 5.92 Å². The molecule has 102 valence electrons. The molecule has 0 aliphatic heterocycles. The van der Waals surface area contributed by atoms with Crippen molar-refractivity contribution in [2.75, 3.05) is 0 Å². The van der Waals surface area contributed by atoms with Crippen molar-refractivity contribution >= 4 is 18.2 Å². The van der Waals surface area contributed by atoms with Crippen LogP contribution in [-0.4, -0.2) is 0 Å². The number of hydrogen-bond acceptors (Lipinski definition) is 0. The van der Waals surface area contributed by atoms with Gasteiger partial charge < -0.3 is 0 Å². The van der Waals surface area contributed by atoms with E-state index in [-0.39, 0.29) is 0 Å². The summed E-state index contributed by atoms with van der Waals surface area (Å²) in [5, 5.41) is 0. The van der Waals surface area contributed by atoms with Crippen molar-refractivity contribution in [3.05, 3.63) is 77.9 Å². The molecule has 0 spiro atoms. The molecule has 0 nitrogen and oxygen atoms in total. The first-order valence-corrected chi connectivity index (χ1v) is 7.53. The molecule has 0 radical (unpaired) electrons. The molecule has 0 bridgehead atoms. The normalized spacial score (nSPS) is 21.3. The molecule has 1 fully saturated rings. The minimum absolute atomic E-state index is 0.714. The zero-order valence-corrected chi connectivity index (χ0v) is 12.0. The maximum atomic E-state index is 4.01. The van der Waals surface area contributed by atoms with E-state index in [2.05, 4.69) is 61.7 Å². The second kappa shape index (κ2) is 4.60. The highest BCUT2D eigenvalue weighted by Crippen LogP contribution is 2.55. The van der Waals surface area contributed by atoms with Crippen LogP contribution >= 0.6 is 0 Å². The lowest BCUT2D eigenvalue weighted by Crippen LogP contribution is -1.98. The summed E-state index contributed by atoms with van der Waals surface area (Å²) in [6, 6.07) is 13.1. The van der Waals surface area contributed by atoms with Crippen LogP contribution in [0.25, 0.3) is 29.4 Å². The van der Waals surface area contributed by atoms with Gasteiger partial charge in [-0.15, -0.1) is 0 Å². The number of hydrogen-bond donors (Lipinski definition) is 0. The van der Waals surface area contributed by atoms with E-state index >= 15 is 0 Å². The van der Waals surface area contributed by atoms with Crippen molar-refractivity contribution < 1.29 is 0 Å². The lowest BCUT2D eigenvalue weighted by molar-refractivity contribution is 0.998. The SMILES string of the molecule is C=Cc1cccc(-c2cccc3c2C2C[C@@H]2C=C3)c1C=C. The molecule has 2 aromatic carbocycles. The fraction of sp³-hybridized carbons (Fsp3) is 0.143. The standard InChI is InChI=1S/C21H18/c1-3-14-7-5-9-18(17(14)4-2)19-10-6-8-15-11-12-16-13-20(16)21(15)19/h3-12,16,20H,1-2,13H2/t16-,20?/m0/s1. The maximum absolute atomic E-state index is 4.01. The minimum atomic E-state index is 0.714. The van der Waals surface area contributed by atoms with E-state index in [1.807, 2.05) is 12.2 Å². The highest BCUT2D eigenvalue weighted by Gasteiger charge is 2.41. The Bertz CT molecular complexity index is 777. The van der Waals surface area contributed by atoms with Gasteiger partial charge in [0.25, 0.3) is 0 Å². The van der Waals surface area contributed by atoms with Crippen LogP contribution in [0, 0.1) is 5.92 Å². The summed E-state index contributed by atoms with van der Waals surface area (Å²) in [5.41, 5.74) is 7.88. The van der Waals surface area contributed by atoms with Crippen LogP contribution in [0.4, 0.5) is 0 Å². The second-order valence-electron chi connectivity index (χ2n) is 5.89. The van der Waals surface area contributed by atoms with E-state index in [1.165, 1.54) is 34.2 Å². The third kappa shape index (κ3) is 1.83. The molecule has 0 aromatic heterocycles.